The Hall–Kier alpha value is -0.390. The van der Waals surface area contributed by atoms with Crippen molar-refractivity contribution in [3.63, 3.8) is 0 Å². The smallest absolute Gasteiger partial charge is 0.377 e. The number of hydrogen-bond acceptors (Lipinski definition) is 4. The number of aromatic carboxylic acids is 1. The number of rotatable bonds is 1. The van der Waals surface area contributed by atoms with Crippen LogP contribution in [-0.2, 0) is 5.41 Å². The van der Waals surface area contributed by atoms with Crippen LogP contribution in [-0.4, -0.2) is 50.8 Å². The Bertz CT molecular complexity index is 303. The number of aromatic nitrogens is 2. The summed E-state index contributed by atoms with van der Waals surface area (Å²) in [6.07, 6.45) is 0. The molecule has 1 aromatic heterocycles. The van der Waals surface area contributed by atoms with Crippen LogP contribution >= 0.6 is 0 Å². The fourth-order valence-corrected chi connectivity index (χ4v) is 0.615. The van der Waals surface area contributed by atoms with Crippen LogP contribution in [0.15, 0.2) is 4.52 Å². The second-order valence-electron chi connectivity index (χ2n) is 3.48. The molecule has 1 radical (unpaired) electrons. The minimum atomic E-state index is -1.17. The number of carboxylic acids is 1. The van der Waals surface area contributed by atoms with Gasteiger partial charge in [-0.2, -0.15) is 4.98 Å². The summed E-state index contributed by atoms with van der Waals surface area (Å²) in [5.74, 6) is -1.13. The van der Waals surface area contributed by atoms with Gasteiger partial charge in [0.2, 0.25) is 5.89 Å². The van der Waals surface area contributed by atoms with E-state index in [-0.39, 0.29) is 40.8 Å². The molecular weight excluding hydrogens is 183 g/mol. The molecule has 0 aliphatic heterocycles. The molecule has 0 amide bonds. The normalized spacial score (nSPS) is 10.7. The first kappa shape index (κ1) is 12.6. The SMILES string of the molecule is CC(C)(C)c1nc(C(=O)O)no1.[Na]. The van der Waals surface area contributed by atoms with E-state index in [2.05, 4.69) is 10.1 Å². The van der Waals surface area contributed by atoms with Gasteiger partial charge in [-0.15, -0.1) is 0 Å². The molecule has 0 bridgehead atoms. The molecule has 0 saturated heterocycles. The van der Waals surface area contributed by atoms with Crippen LogP contribution in [0.25, 0.3) is 0 Å². The molecule has 1 N–H and O–H groups in total. The van der Waals surface area contributed by atoms with E-state index in [1.54, 1.807) is 0 Å². The van der Waals surface area contributed by atoms with Crippen LogP contribution in [0, 0.1) is 0 Å². The maximum atomic E-state index is 10.4. The van der Waals surface area contributed by atoms with Crippen molar-refractivity contribution >= 4 is 35.5 Å². The predicted octanol–water partition coefficient (Wildman–Crippen LogP) is 0.684. The minimum Gasteiger partial charge on any atom is -0.475 e. The first-order valence-corrected chi connectivity index (χ1v) is 3.49. The Kier molecular flexibility index (Phi) is 4.09. The van der Waals surface area contributed by atoms with Gasteiger partial charge in [-0.05, 0) is 5.16 Å². The predicted molar refractivity (Wildman–Crippen MR) is 45.7 cm³/mol. The Labute approximate surface area is 97.8 Å². The van der Waals surface area contributed by atoms with E-state index in [0.29, 0.717) is 5.89 Å². The fraction of sp³-hybridized carbons (Fsp3) is 0.571. The Balaban J connectivity index is 0.00000144. The van der Waals surface area contributed by atoms with Crippen LogP contribution in [0.3, 0.4) is 0 Å². The molecule has 0 aliphatic carbocycles. The van der Waals surface area contributed by atoms with Crippen LogP contribution in [0.2, 0.25) is 0 Å². The van der Waals surface area contributed by atoms with E-state index in [9.17, 15) is 4.79 Å². The molecule has 0 aromatic carbocycles. The largest absolute Gasteiger partial charge is 0.475 e. The number of hydrogen-bond donors (Lipinski definition) is 1. The summed E-state index contributed by atoms with van der Waals surface area (Å²) in [6, 6.07) is 0. The number of carbonyl (C=O) groups is 1. The average molecular weight is 193 g/mol. The van der Waals surface area contributed by atoms with Crippen LogP contribution < -0.4 is 0 Å². The van der Waals surface area contributed by atoms with Gasteiger partial charge in [-0.1, -0.05) is 20.8 Å². The number of nitrogens with zero attached hydrogens (tertiary/aromatic N) is 2. The van der Waals surface area contributed by atoms with E-state index in [0.717, 1.165) is 0 Å². The third-order valence-corrected chi connectivity index (χ3v) is 1.26. The van der Waals surface area contributed by atoms with Gasteiger partial charge >= 0.3 is 5.97 Å². The van der Waals surface area contributed by atoms with Gasteiger partial charge in [-0.3, -0.25) is 0 Å². The molecule has 1 heterocycles. The molecule has 6 heteroatoms. The zero-order valence-electron chi connectivity index (χ0n) is 8.16. The van der Waals surface area contributed by atoms with Gasteiger partial charge in [0.05, 0.1) is 0 Å². The van der Waals surface area contributed by atoms with Crippen molar-refractivity contribution in [2.45, 2.75) is 26.2 Å². The van der Waals surface area contributed by atoms with Crippen LogP contribution in [0.4, 0.5) is 0 Å². The molecule has 5 nitrogen and oxygen atoms in total. The third kappa shape index (κ3) is 3.10. The molecule has 13 heavy (non-hydrogen) atoms. The molecule has 0 spiro atoms. The maximum absolute atomic E-state index is 10.4. The van der Waals surface area contributed by atoms with Gasteiger partial charge in [-0.25, -0.2) is 4.79 Å². The summed E-state index contributed by atoms with van der Waals surface area (Å²) in [5, 5.41) is 11.8. The molecule has 0 fully saturated rings. The van der Waals surface area contributed by atoms with Crippen molar-refractivity contribution in [2.24, 2.45) is 0 Å². The minimum absolute atomic E-state index is 0. The molecular formula is C7H10N2NaO3. The van der Waals surface area contributed by atoms with Crippen molar-refractivity contribution < 1.29 is 14.4 Å². The zero-order valence-corrected chi connectivity index (χ0v) is 10.2. The van der Waals surface area contributed by atoms with E-state index < -0.39 is 5.97 Å². The second-order valence-corrected chi connectivity index (χ2v) is 3.48. The molecule has 1 rings (SSSR count). The van der Waals surface area contributed by atoms with E-state index in [1.165, 1.54) is 0 Å². The van der Waals surface area contributed by atoms with Gasteiger partial charge < -0.3 is 9.63 Å². The molecule has 0 atom stereocenters. The van der Waals surface area contributed by atoms with E-state index in [1.807, 2.05) is 20.8 Å². The molecule has 0 saturated carbocycles. The summed E-state index contributed by atoms with van der Waals surface area (Å²) in [7, 11) is 0. The summed E-state index contributed by atoms with van der Waals surface area (Å²) < 4.78 is 4.75. The first-order valence-electron chi connectivity index (χ1n) is 3.49. The van der Waals surface area contributed by atoms with Gasteiger partial charge in [0.1, 0.15) is 0 Å². The molecule has 67 valence electrons. The van der Waals surface area contributed by atoms with E-state index in [4.69, 9.17) is 9.63 Å². The summed E-state index contributed by atoms with van der Waals surface area (Å²) in [6.45, 7) is 5.60. The Morgan fingerprint density at radius 1 is 1.46 bits per heavy atom. The van der Waals surface area contributed by atoms with Gasteiger partial charge in [0, 0.05) is 35.0 Å². The van der Waals surface area contributed by atoms with Crippen molar-refractivity contribution in [2.75, 3.05) is 0 Å². The zero-order chi connectivity index (χ0) is 9.35. The second kappa shape index (κ2) is 4.21. The van der Waals surface area contributed by atoms with Crippen molar-refractivity contribution in [3.8, 4) is 0 Å². The summed E-state index contributed by atoms with van der Waals surface area (Å²) in [5.41, 5.74) is -0.305. The number of carboxylic acid groups (broad SMARTS) is 1. The van der Waals surface area contributed by atoms with E-state index >= 15 is 0 Å². The summed E-state index contributed by atoms with van der Waals surface area (Å²) in [4.78, 5) is 14.1. The monoisotopic (exact) mass is 193 g/mol. The van der Waals surface area contributed by atoms with Gasteiger partial charge in [0.25, 0.3) is 5.82 Å². The van der Waals surface area contributed by atoms with Crippen LogP contribution in [0.5, 0.6) is 0 Å². The molecule has 0 unspecified atom stereocenters. The third-order valence-electron chi connectivity index (χ3n) is 1.26. The van der Waals surface area contributed by atoms with Crippen molar-refractivity contribution in [1.29, 1.82) is 0 Å². The fourth-order valence-electron chi connectivity index (χ4n) is 0.615. The average Bonchev–Trinajstić information content (AvgIpc) is 2.30. The van der Waals surface area contributed by atoms with Crippen molar-refractivity contribution in [1.82, 2.24) is 10.1 Å². The van der Waals surface area contributed by atoms with Gasteiger partial charge in [0.15, 0.2) is 0 Å². The van der Waals surface area contributed by atoms with Crippen LogP contribution in [0.1, 0.15) is 37.3 Å². The van der Waals surface area contributed by atoms with Crippen molar-refractivity contribution in [3.05, 3.63) is 11.7 Å². The maximum Gasteiger partial charge on any atom is 0.377 e. The first-order chi connectivity index (χ1) is 5.41. The summed E-state index contributed by atoms with van der Waals surface area (Å²) >= 11 is 0. The Morgan fingerprint density at radius 3 is 2.23 bits per heavy atom. The standard InChI is InChI=1S/C7H10N2O3.Na/c1-7(2,3)6-8-4(5(10)11)9-12-6;/h1-3H3,(H,10,11);. The quantitative estimate of drug-likeness (QED) is 0.664. The Morgan fingerprint density at radius 2 is 2.00 bits per heavy atom. The molecule has 0 aliphatic rings. The molecule has 1 aromatic rings. The topological polar surface area (TPSA) is 76.2 Å².